The van der Waals surface area contributed by atoms with Gasteiger partial charge in [-0.1, -0.05) is 25.7 Å². The van der Waals surface area contributed by atoms with E-state index in [2.05, 4.69) is 5.32 Å². The van der Waals surface area contributed by atoms with E-state index in [4.69, 9.17) is 4.74 Å². The van der Waals surface area contributed by atoms with Crippen LogP contribution in [0.25, 0.3) is 0 Å². The van der Waals surface area contributed by atoms with E-state index in [0.717, 1.165) is 56.9 Å². The van der Waals surface area contributed by atoms with E-state index in [1.54, 1.807) is 11.3 Å². The molecule has 0 aromatic carbocycles. The summed E-state index contributed by atoms with van der Waals surface area (Å²) in [5.74, 6) is -0.147. The number of ether oxygens (including phenoxy) is 1. The van der Waals surface area contributed by atoms with Crippen LogP contribution in [-0.4, -0.2) is 19.0 Å². The Morgan fingerprint density at radius 1 is 1.04 bits per heavy atom. The van der Waals surface area contributed by atoms with Gasteiger partial charge in [0.15, 0.2) is 0 Å². The first-order chi connectivity index (χ1) is 11.2. The van der Waals surface area contributed by atoms with Crippen LogP contribution in [0.2, 0.25) is 0 Å². The molecule has 1 amide bonds. The molecule has 1 aromatic rings. The van der Waals surface area contributed by atoms with Gasteiger partial charge in [-0.2, -0.15) is 0 Å². The van der Waals surface area contributed by atoms with Crippen molar-refractivity contribution in [2.75, 3.05) is 12.4 Å². The number of fused-ring (bicyclic) bond motifs is 1. The minimum absolute atomic E-state index is 0.0752. The van der Waals surface area contributed by atoms with E-state index >= 15 is 0 Å². The Balaban J connectivity index is 1.85. The zero-order valence-corrected chi connectivity index (χ0v) is 14.6. The van der Waals surface area contributed by atoms with E-state index in [-0.39, 0.29) is 17.8 Å². The average molecular weight is 335 g/mol. The maximum Gasteiger partial charge on any atom is 0.341 e. The molecule has 5 heteroatoms. The van der Waals surface area contributed by atoms with Crippen molar-refractivity contribution in [1.82, 2.24) is 0 Å². The molecule has 0 radical (unpaired) electrons. The van der Waals surface area contributed by atoms with Gasteiger partial charge in [-0.15, -0.1) is 11.3 Å². The number of carbonyl (C=O) groups excluding carboxylic acids is 2. The normalized spacial score (nSPS) is 18.8. The predicted molar refractivity (Wildman–Crippen MR) is 92.1 cm³/mol. The average Bonchev–Trinajstić information content (AvgIpc) is 2.76. The number of carbonyl (C=O) groups is 2. The van der Waals surface area contributed by atoms with Crippen LogP contribution in [0.5, 0.6) is 0 Å². The number of thiophene rings is 1. The third-order valence-electron chi connectivity index (χ3n) is 5.02. The van der Waals surface area contributed by atoms with Gasteiger partial charge < -0.3 is 10.1 Å². The number of esters is 1. The lowest BCUT2D eigenvalue weighted by atomic mass is 9.88. The SMILES string of the molecule is COC(=O)c1c(NC(=O)C2CCCCC2)sc2c1CCCCC2. The van der Waals surface area contributed by atoms with E-state index < -0.39 is 0 Å². The number of hydrogen-bond donors (Lipinski definition) is 1. The van der Waals surface area contributed by atoms with Gasteiger partial charge in [0.2, 0.25) is 5.91 Å². The van der Waals surface area contributed by atoms with Crippen molar-refractivity contribution in [2.45, 2.75) is 64.2 Å². The van der Waals surface area contributed by atoms with Crippen molar-refractivity contribution < 1.29 is 14.3 Å². The largest absolute Gasteiger partial charge is 0.465 e. The molecule has 4 nitrogen and oxygen atoms in total. The van der Waals surface area contributed by atoms with Crippen LogP contribution in [0.1, 0.15) is 72.2 Å². The van der Waals surface area contributed by atoms with Crippen LogP contribution in [0.15, 0.2) is 0 Å². The summed E-state index contributed by atoms with van der Waals surface area (Å²) in [6.45, 7) is 0. The molecular formula is C18H25NO3S. The van der Waals surface area contributed by atoms with Gasteiger partial charge in [-0.25, -0.2) is 4.79 Å². The fourth-order valence-electron chi connectivity index (χ4n) is 3.73. The standard InChI is InChI=1S/C18H25NO3S/c1-22-18(21)15-13-10-6-3-7-11-14(13)23-17(15)19-16(20)12-8-4-2-5-9-12/h12H,2-11H2,1H3,(H,19,20). The van der Waals surface area contributed by atoms with Gasteiger partial charge in [-0.3, -0.25) is 4.79 Å². The van der Waals surface area contributed by atoms with Crippen LogP contribution in [0.3, 0.4) is 0 Å². The molecule has 1 aromatic heterocycles. The smallest absolute Gasteiger partial charge is 0.341 e. The summed E-state index contributed by atoms with van der Waals surface area (Å²) in [4.78, 5) is 26.1. The lowest BCUT2D eigenvalue weighted by Gasteiger charge is -2.20. The highest BCUT2D eigenvalue weighted by Crippen LogP contribution is 2.38. The summed E-state index contributed by atoms with van der Waals surface area (Å²) in [7, 11) is 1.41. The zero-order valence-electron chi connectivity index (χ0n) is 13.8. The molecule has 0 spiro atoms. The van der Waals surface area contributed by atoms with Crippen molar-refractivity contribution in [3.05, 3.63) is 16.0 Å². The monoisotopic (exact) mass is 335 g/mol. The lowest BCUT2D eigenvalue weighted by molar-refractivity contribution is -0.120. The second kappa shape index (κ2) is 7.47. The summed E-state index contributed by atoms with van der Waals surface area (Å²) < 4.78 is 4.99. The van der Waals surface area contributed by atoms with Crippen LogP contribution in [-0.2, 0) is 22.4 Å². The van der Waals surface area contributed by atoms with Gasteiger partial charge in [0.05, 0.1) is 12.7 Å². The topological polar surface area (TPSA) is 55.4 Å². The molecule has 1 N–H and O–H groups in total. The van der Waals surface area contributed by atoms with Crippen LogP contribution >= 0.6 is 11.3 Å². The maximum atomic E-state index is 12.6. The van der Waals surface area contributed by atoms with Crippen LogP contribution < -0.4 is 5.32 Å². The number of nitrogens with one attached hydrogen (secondary N) is 1. The lowest BCUT2D eigenvalue weighted by Crippen LogP contribution is -2.25. The summed E-state index contributed by atoms with van der Waals surface area (Å²) in [6, 6.07) is 0. The second-order valence-electron chi connectivity index (χ2n) is 6.58. The first kappa shape index (κ1) is 16.5. The summed E-state index contributed by atoms with van der Waals surface area (Å²) >= 11 is 1.58. The fraction of sp³-hybridized carbons (Fsp3) is 0.667. The molecule has 2 aliphatic rings. The zero-order chi connectivity index (χ0) is 16.2. The number of aryl methyl sites for hydroxylation is 1. The van der Waals surface area contributed by atoms with E-state index in [0.29, 0.717) is 10.6 Å². The van der Waals surface area contributed by atoms with Gasteiger partial charge in [0.25, 0.3) is 0 Å². The minimum atomic E-state index is -0.316. The van der Waals surface area contributed by atoms with Gasteiger partial charge in [0, 0.05) is 10.8 Å². The van der Waals surface area contributed by atoms with Crippen molar-refractivity contribution in [2.24, 2.45) is 5.92 Å². The predicted octanol–water partition coefficient (Wildman–Crippen LogP) is 4.32. The molecule has 23 heavy (non-hydrogen) atoms. The van der Waals surface area contributed by atoms with Crippen LogP contribution in [0, 0.1) is 5.92 Å². The number of hydrogen-bond acceptors (Lipinski definition) is 4. The Kier molecular flexibility index (Phi) is 5.36. The Hall–Kier alpha value is -1.36. The third-order valence-corrected chi connectivity index (χ3v) is 6.23. The first-order valence-corrected chi connectivity index (χ1v) is 9.56. The highest BCUT2D eigenvalue weighted by molar-refractivity contribution is 7.17. The summed E-state index contributed by atoms with van der Waals surface area (Å²) in [6.07, 6.45) is 10.8. The van der Waals surface area contributed by atoms with E-state index in [1.165, 1.54) is 24.8 Å². The number of anilines is 1. The maximum absolute atomic E-state index is 12.6. The molecule has 0 aliphatic heterocycles. The Morgan fingerprint density at radius 3 is 2.48 bits per heavy atom. The Morgan fingerprint density at radius 2 is 1.74 bits per heavy atom. The molecule has 0 saturated heterocycles. The number of methoxy groups -OCH3 is 1. The molecule has 126 valence electrons. The van der Waals surface area contributed by atoms with Crippen molar-refractivity contribution >= 4 is 28.2 Å². The fourth-order valence-corrected chi connectivity index (χ4v) is 5.01. The Labute approximate surface area is 141 Å². The van der Waals surface area contributed by atoms with Crippen LogP contribution in [0.4, 0.5) is 5.00 Å². The number of rotatable bonds is 3. The Bertz CT molecular complexity index is 587. The highest BCUT2D eigenvalue weighted by Gasteiger charge is 2.28. The molecule has 0 atom stereocenters. The number of amides is 1. The summed E-state index contributed by atoms with van der Waals surface area (Å²) in [5, 5.41) is 3.76. The molecule has 3 rings (SSSR count). The molecule has 0 unspecified atom stereocenters. The second-order valence-corrected chi connectivity index (χ2v) is 7.69. The molecule has 1 fully saturated rings. The molecule has 0 bridgehead atoms. The van der Waals surface area contributed by atoms with Crippen molar-refractivity contribution in [1.29, 1.82) is 0 Å². The highest BCUT2D eigenvalue weighted by atomic mass is 32.1. The molecule has 1 heterocycles. The van der Waals surface area contributed by atoms with Gasteiger partial charge in [-0.05, 0) is 44.1 Å². The summed E-state index contributed by atoms with van der Waals surface area (Å²) in [5.41, 5.74) is 1.72. The minimum Gasteiger partial charge on any atom is -0.465 e. The molecule has 1 saturated carbocycles. The van der Waals surface area contributed by atoms with E-state index in [1.807, 2.05) is 0 Å². The molecular weight excluding hydrogens is 310 g/mol. The molecule has 2 aliphatic carbocycles. The van der Waals surface area contributed by atoms with Gasteiger partial charge >= 0.3 is 5.97 Å². The quantitative estimate of drug-likeness (QED) is 0.661. The van der Waals surface area contributed by atoms with E-state index in [9.17, 15) is 9.59 Å². The van der Waals surface area contributed by atoms with Crippen molar-refractivity contribution in [3.8, 4) is 0 Å². The third kappa shape index (κ3) is 3.60. The first-order valence-electron chi connectivity index (χ1n) is 8.74. The van der Waals surface area contributed by atoms with Gasteiger partial charge in [0.1, 0.15) is 5.00 Å². The van der Waals surface area contributed by atoms with Crippen molar-refractivity contribution in [3.63, 3.8) is 0 Å².